The molecule has 1 rings (SSSR count). The maximum absolute atomic E-state index is 12.0. The van der Waals surface area contributed by atoms with Crippen LogP contribution < -0.4 is 4.72 Å². The molecule has 2 N–H and O–H groups in total. The predicted molar refractivity (Wildman–Crippen MR) is 73.1 cm³/mol. The molecule has 19 heavy (non-hydrogen) atoms. The van der Waals surface area contributed by atoms with Gasteiger partial charge in [-0.25, -0.2) is 13.1 Å². The van der Waals surface area contributed by atoms with Crippen molar-refractivity contribution in [2.24, 2.45) is 5.92 Å². The number of hydrogen-bond acceptors (Lipinski definition) is 3. The summed E-state index contributed by atoms with van der Waals surface area (Å²) in [6.07, 6.45) is -0.112. The van der Waals surface area contributed by atoms with Gasteiger partial charge < -0.3 is 5.11 Å². The molecule has 0 aromatic heterocycles. The van der Waals surface area contributed by atoms with Gasteiger partial charge in [-0.15, -0.1) is 0 Å². The first kappa shape index (κ1) is 16.2. The number of nitrogens with one attached hydrogen (secondary N) is 1. The van der Waals surface area contributed by atoms with E-state index in [9.17, 15) is 13.2 Å². The molecular weight excluding hydrogens is 313 g/mol. The van der Waals surface area contributed by atoms with Crippen molar-refractivity contribution in [2.45, 2.75) is 18.2 Å². The second-order valence-corrected chi connectivity index (χ2v) is 6.80. The first-order chi connectivity index (χ1) is 8.70. The van der Waals surface area contributed by atoms with Gasteiger partial charge in [0.1, 0.15) is 0 Å². The number of carboxylic acids is 1. The third-order valence-corrected chi connectivity index (χ3v) is 4.13. The van der Waals surface area contributed by atoms with E-state index in [1.54, 1.807) is 6.92 Å². The standard InChI is InChI=1S/C11H13Cl2NO4S/c1-7(2-11(15)16)6-14-19(17,18)10-4-8(12)3-9(13)5-10/h3-5,7,14H,2,6H2,1H3,(H,15,16). The fourth-order valence-electron chi connectivity index (χ4n) is 1.39. The second kappa shape index (κ2) is 6.56. The van der Waals surface area contributed by atoms with Gasteiger partial charge in [0.15, 0.2) is 0 Å². The first-order valence-electron chi connectivity index (χ1n) is 5.38. The van der Waals surface area contributed by atoms with Gasteiger partial charge >= 0.3 is 5.97 Å². The third-order valence-electron chi connectivity index (χ3n) is 2.29. The topological polar surface area (TPSA) is 83.5 Å². The van der Waals surface area contributed by atoms with E-state index in [1.807, 2.05) is 0 Å². The number of carbonyl (C=O) groups is 1. The number of sulfonamides is 1. The molecule has 0 saturated heterocycles. The lowest BCUT2D eigenvalue weighted by Crippen LogP contribution is -2.29. The molecule has 0 saturated carbocycles. The minimum atomic E-state index is -3.75. The van der Waals surface area contributed by atoms with Crippen molar-refractivity contribution in [3.8, 4) is 0 Å². The van der Waals surface area contributed by atoms with E-state index in [4.69, 9.17) is 28.3 Å². The highest BCUT2D eigenvalue weighted by Gasteiger charge is 2.17. The molecule has 0 bridgehead atoms. The maximum atomic E-state index is 12.0. The molecule has 106 valence electrons. The summed E-state index contributed by atoms with van der Waals surface area (Å²) < 4.78 is 26.2. The number of hydrogen-bond donors (Lipinski definition) is 2. The highest BCUT2D eigenvalue weighted by atomic mass is 35.5. The Labute approximate surface area is 121 Å². The van der Waals surface area contributed by atoms with Crippen LogP contribution in [-0.4, -0.2) is 26.0 Å². The summed E-state index contributed by atoms with van der Waals surface area (Å²) >= 11 is 11.5. The number of carboxylic acid groups (broad SMARTS) is 1. The van der Waals surface area contributed by atoms with Gasteiger partial charge in [-0.05, 0) is 24.1 Å². The fourth-order valence-corrected chi connectivity index (χ4v) is 3.28. The SMILES string of the molecule is CC(CNS(=O)(=O)c1cc(Cl)cc(Cl)c1)CC(=O)O. The molecule has 8 heteroatoms. The fraction of sp³-hybridized carbons (Fsp3) is 0.364. The van der Waals surface area contributed by atoms with E-state index >= 15 is 0 Å². The molecule has 0 aliphatic rings. The zero-order valence-electron chi connectivity index (χ0n) is 10.1. The van der Waals surface area contributed by atoms with Gasteiger partial charge in [-0.2, -0.15) is 0 Å². The summed E-state index contributed by atoms with van der Waals surface area (Å²) in [5, 5.41) is 9.02. The van der Waals surface area contributed by atoms with Gasteiger partial charge in [0.05, 0.1) is 4.90 Å². The largest absolute Gasteiger partial charge is 0.481 e. The van der Waals surface area contributed by atoms with Crippen LogP contribution >= 0.6 is 23.2 Å². The zero-order valence-corrected chi connectivity index (χ0v) is 12.4. The van der Waals surface area contributed by atoms with E-state index in [0.717, 1.165) is 0 Å². The summed E-state index contributed by atoms with van der Waals surface area (Å²) in [6, 6.07) is 3.98. The highest BCUT2D eigenvalue weighted by Crippen LogP contribution is 2.22. The molecule has 1 unspecified atom stereocenters. The van der Waals surface area contributed by atoms with E-state index < -0.39 is 16.0 Å². The van der Waals surface area contributed by atoms with Crippen LogP contribution in [-0.2, 0) is 14.8 Å². The molecule has 1 atom stereocenters. The lowest BCUT2D eigenvalue weighted by atomic mass is 10.1. The summed E-state index contributed by atoms with van der Waals surface area (Å²) in [5.41, 5.74) is 0. The average molecular weight is 326 g/mol. The second-order valence-electron chi connectivity index (χ2n) is 4.16. The summed E-state index contributed by atoms with van der Waals surface area (Å²) in [4.78, 5) is 10.4. The van der Waals surface area contributed by atoms with Crippen LogP contribution in [0.3, 0.4) is 0 Å². The lowest BCUT2D eigenvalue weighted by Gasteiger charge is -2.11. The molecule has 0 heterocycles. The Morgan fingerprint density at radius 2 is 1.84 bits per heavy atom. The summed E-state index contributed by atoms with van der Waals surface area (Å²) in [7, 11) is -3.75. The Hall–Kier alpha value is -0.820. The molecule has 1 aromatic rings. The molecule has 0 aliphatic heterocycles. The molecule has 1 aromatic carbocycles. The molecular formula is C11H13Cl2NO4S. The van der Waals surface area contributed by atoms with E-state index in [1.165, 1.54) is 18.2 Å². The monoisotopic (exact) mass is 325 g/mol. The summed E-state index contributed by atoms with van der Waals surface area (Å²) in [5.74, 6) is -1.29. The maximum Gasteiger partial charge on any atom is 0.303 e. The van der Waals surface area contributed by atoms with E-state index in [0.29, 0.717) is 0 Å². The van der Waals surface area contributed by atoms with Gasteiger partial charge in [-0.3, -0.25) is 4.79 Å². The van der Waals surface area contributed by atoms with Crippen LogP contribution in [0, 0.1) is 5.92 Å². The normalized spacial score (nSPS) is 13.2. The third kappa shape index (κ3) is 5.36. The Morgan fingerprint density at radius 3 is 2.32 bits per heavy atom. The van der Waals surface area contributed by atoms with Crippen molar-refractivity contribution in [1.29, 1.82) is 0 Å². The van der Waals surface area contributed by atoms with Crippen molar-refractivity contribution in [3.05, 3.63) is 28.2 Å². The van der Waals surface area contributed by atoms with Crippen LogP contribution in [0.15, 0.2) is 23.1 Å². The Bertz CT molecular complexity index is 554. The lowest BCUT2D eigenvalue weighted by molar-refractivity contribution is -0.137. The van der Waals surface area contributed by atoms with Crippen LogP contribution in [0.4, 0.5) is 0 Å². The molecule has 0 amide bonds. The Balaban J connectivity index is 2.78. The van der Waals surface area contributed by atoms with Crippen molar-refractivity contribution in [2.75, 3.05) is 6.54 Å². The van der Waals surface area contributed by atoms with Crippen molar-refractivity contribution in [1.82, 2.24) is 4.72 Å². The van der Waals surface area contributed by atoms with E-state index in [-0.39, 0.29) is 33.8 Å². The Morgan fingerprint density at radius 1 is 1.32 bits per heavy atom. The average Bonchev–Trinajstić information content (AvgIpc) is 2.24. The van der Waals surface area contributed by atoms with Crippen molar-refractivity contribution >= 4 is 39.2 Å². The number of halogens is 2. The molecule has 0 fully saturated rings. The van der Waals surface area contributed by atoms with Crippen LogP contribution in [0.1, 0.15) is 13.3 Å². The van der Waals surface area contributed by atoms with Gasteiger partial charge in [0.2, 0.25) is 10.0 Å². The van der Waals surface area contributed by atoms with Crippen LogP contribution in [0.2, 0.25) is 10.0 Å². The number of benzene rings is 1. The minimum Gasteiger partial charge on any atom is -0.481 e. The number of aliphatic carboxylic acids is 1. The van der Waals surface area contributed by atoms with Gasteiger partial charge in [0, 0.05) is 23.0 Å². The van der Waals surface area contributed by atoms with Crippen molar-refractivity contribution < 1.29 is 18.3 Å². The minimum absolute atomic E-state index is 0.0266. The molecule has 0 radical (unpaired) electrons. The first-order valence-corrected chi connectivity index (χ1v) is 7.62. The van der Waals surface area contributed by atoms with Crippen molar-refractivity contribution in [3.63, 3.8) is 0 Å². The van der Waals surface area contributed by atoms with Gasteiger partial charge in [0.25, 0.3) is 0 Å². The van der Waals surface area contributed by atoms with Crippen LogP contribution in [0.25, 0.3) is 0 Å². The van der Waals surface area contributed by atoms with E-state index in [2.05, 4.69) is 4.72 Å². The highest BCUT2D eigenvalue weighted by molar-refractivity contribution is 7.89. The molecule has 0 aliphatic carbocycles. The molecule has 0 spiro atoms. The molecule has 5 nitrogen and oxygen atoms in total. The predicted octanol–water partition coefficient (Wildman–Crippen LogP) is 2.38. The summed E-state index contributed by atoms with van der Waals surface area (Å²) in [6.45, 7) is 1.67. The zero-order chi connectivity index (χ0) is 14.6. The quantitative estimate of drug-likeness (QED) is 0.841. The van der Waals surface area contributed by atoms with Crippen LogP contribution in [0.5, 0.6) is 0 Å². The number of rotatable bonds is 6. The van der Waals surface area contributed by atoms with Gasteiger partial charge in [-0.1, -0.05) is 30.1 Å². The smallest absolute Gasteiger partial charge is 0.303 e. The Kier molecular flexibility index (Phi) is 5.61.